The van der Waals surface area contributed by atoms with E-state index in [2.05, 4.69) is 14.7 Å². The molecular formula is C13H14N4O. The summed E-state index contributed by atoms with van der Waals surface area (Å²) >= 11 is 0. The molecule has 0 saturated carbocycles. The second-order valence-electron chi connectivity index (χ2n) is 4.30. The normalized spacial score (nSPS) is 11.3. The summed E-state index contributed by atoms with van der Waals surface area (Å²) in [5.74, 6) is 1.67. The van der Waals surface area contributed by atoms with Crippen LogP contribution in [-0.4, -0.2) is 14.7 Å². The second-order valence-corrected chi connectivity index (χ2v) is 4.30. The van der Waals surface area contributed by atoms with Crippen LogP contribution in [0.4, 0.5) is 0 Å². The predicted octanol–water partition coefficient (Wildman–Crippen LogP) is 2.00. The summed E-state index contributed by atoms with van der Waals surface area (Å²) < 4.78 is 7.17. The smallest absolute Gasteiger partial charge is 0.150 e. The van der Waals surface area contributed by atoms with Gasteiger partial charge < -0.3 is 14.8 Å². The third-order valence-electron chi connectivity index (χ3n) is 3.16. The van der Waals surface area contributed by atoms with Crippen LogP contribution in [0.25, 0.3) is 22.3 Å². The summed E-state index contributed by atoms with van der Waals surface area (Å²) in [5, 5.41) is 4.00. The Morgan fingerprint density at radius 3 is 2.89 bits per heavy atom. The van der Waals surface area contributed by atoms with E-state index in [0.717, 1.165) is 28.1 Å². The zero-order valence-corrected chi connectivity index (χ0v) is 10.3. The van der Waals surface area contributed by atoms with Gasteiger partial charge in [-0.3, -0.25) is 0 Å². The summed E-state index contributed by atoms with van der Waals surface area (Å²) in [7, 11) is 2.01. The predicted molar refractivity (Wildman–Crippen MR) is 68.8 cm³/mol. The van der Waals surface area contributed by atoms with Crippen LogP contribution in [0.3, 0.4) is 0 Å². The summed E-state index contributed by atoms with van der Waals surface area (Å²) in [6, 6.07) is 7.93. The molecular weight excluding hydrogens is 228 g/mol. The standard InChI is InChI=1S/C13H14N4O/c1-8-15-12-5-9(3-4-13(12)17(8)2)11-6-10(7-14)18-16-11/h3-6H,7,14H2,1-2H3. The van der Waals surface area contributed by atoms with Gasteiger partial charge in [0, 0.05) is 18.7 Å². The van der Waals surface area contributed by atoms with Crippen LogP contribution in [0.5, 0.6) is 0 Å². The van der Waals surface area contributed by atoms with Crippen LogP contribution in [0.1, 0.15) is 11.6 Å². The minimum atomic E-state index is 0.359. The average molecular weight is 242 g/mol. The third-order valence-corrected chi connectivity index (χ3v) is 3.16. The lowest BCUT2D eigenvalue weighted by Crippen LogP contribution is -1.92. The maximum Gasteiger partial charge on any atom is 0.150 e. The zero-order valence-electron chi connectivity index (χ0n) is 10.3. The Morgan fingerprint density at radius 1 is 1.33 bits per heavy atom. The van der Waals surface area contributed by atoms with Gasteiger partial charge in [0.1, 0.15) is 11.5 Å². The molecule has 0 radical (unpaired) electrons. The summed E-state index contributed by atoms with van der Waals surface area (Å²) in [4.78, 5) is 4.51. The van der Waals surface area contributed by atoms with E-state index >= 15 is 0 Å². The maximum atomic E-state index is 5.51. The first-order valence-electron chi connectivity index (χ1n) is 5.78. The van der Waals surface area contributed by atoms with Gasteiger partial charge in [0.15, 0.2) is 5.76 Å². The highest BCUT2D eigenvalue weighted by Gasteiger charge is 2.09. The van der Waals surface area contributed by atoms with Gasteiger partial charge in [-0.15, -0.1) is 0 Å². The van der Waals surface area contributed by atoms with Crippen molar-refractivity contribution in [2.75, 3.05) is 0 Å². The minimum Gasteiger partial charge on any atom is -0.359 e. The van der Waals surface area contributed by atoms with Gasteiger partial charge in [-0.1, -0.05) is 11.2 Å². The lowest BCUT2D eigenvalue weighted by molar-refractivity contribution is 0.387. The van der Waals surface area contributed by atoms with Crippen molar-refractivity contribution in [3.05, 3.63) is 35.9 Å². The van der Waals surface area contributed by atoms with Crippen LogP contribution in [0, 0.1) is 6.92 Å². The zero-order chi connectivity index (χ0) is 12.7. The number of aromatic nitrogens is 3. The fourth-order valence-corrected chi connectivity index (χ4v) is 2.02. The van der Waals surface area contributed by atoms with E-state index in [1.165, 1.54) is 0 Å². The molecule has 0 fully saturated rings. The number of benzene rings is 1. The highest BCUT2D eigenvalue weighted by atomic mass is 16.5. The Kier molecular flexibility index (Phi) is 2.41. The number of imidazole rings is 1. The Bertz CT molecular complexity index is 711. The van der Waals surface area contributed by atoms with Crippen molar-refractivity contribution in [2.45, 2.75) is 13.5 Å². The minimum absolute atomic E-state index is 0.359. The quantitative estimate of drug-likeness (QED) is 0.746. The Labute approximate surface area is 104 Å². The van der Waals surface area contributed by atoms with Gasteiger partial charge >= 0.3 is 0 Å². The van der Waals surface area contributed by atoms with Crippen molar-refractivity contribution in [3.63, 3.8) is 0 Å². The largest absolute Gasteiger partial charge is 0.359 e. The Morgan fingerprint density at radius 2 is 2.17 bits per heavy atom. The summed E-state index contributed by atoms with van der Waals surface area (Å²) in [6.45, 7) is 2.35. The molecule has 3 rings (SSSR count). The molecule has 0 atom stereocenters. The van der Waals surface area contributed by atoms with Gasteiger partial charge in [-0.2, -0.15) is 0 Å². The molecule has 0 saturated heterocycles. The Hall–Kier alpha value is -2.14. The SMILES string of the molecule is Cc1nc2cc(-c3cc(CN)on3)ccc2n1C. The lowest BCUT2D eigenvalue weighted by atomic mass is 10.1. The molecule has 0 bridgehead atoms. The first-order valence-corrected chi connectivity index (χ1v) is 5.78. The molecule has 5 nitrogen and oxygen atoms in total. The van der Waals surface area contributed by atoms with E-state index in [0.29, 0.717) is 12.3 Å². The molecule has 0 aliphatic carbocycles. The number of nitrogens with zero attached hydrogens (tertiary/aromatic N) is 3. The molecule has 0 unspecified atom stereocenters. The van der Waals surface area contributed by atoms with Crippen LogP contribution in [0.15, 0.2) is 28.8 Å². The molecule has 2 N–H and O–H groups in total. The molecule has 2 heterocycles. The van der Waals surface area contributed by atoms with Gasteiger partial charge in [0.2, 0.25) is 0 Å². The molecule has 0 aliphatic heterocycles. The van der Waals surface area contributed by atoms with E-state index < -0.39 is 0 Å². The van der Waals surface area contributed by atoms with Crippen molar-refractivity contribution in [1.82, 2.24) is 14.7 Å². The number of fused-ring (bicyclic) bond motifs is 1. The van der Waals surface area contributed by atoms with Gasteiger partial charge in [0.25, 0.3) is 0 Å². The van der Waals surface area contributed by atoms with Gasteiger partial charge in [-0.25, -0.2) is 4.98 Å². The summed E-state index contributed by atoms with van der Waals surface area (Å²) in [5.41, 5.74) is 9.36. The van der Waals surface area contributed by atoms with E-state index in [-0.39, 0.29) is 0 Å². The molecule has 0 aliphatic rings. The highest BCUT2D eigenvalue weighted by molar-refractivity contribution is 5.81. The molecule has 18 heavy (non-hydrogen) atoms. The van der Waals surface area contributed by atoms with Crippen molar-refractivity contribution in [2.24, 2.45) is 12.8 Å². The van der Waals surface area contributed by atoms with Crippen LogP contribution in [0.2, 0.25) is 0 Å². The number of hydrogen-bond acceptors (Lipinski definition) is 4. The topological polar surface area (TPSA) is 69.9 Å². The van der Waals surface area contributed by atoms with Crippen molar-refractivity contribution in [3.8, 4) is 11.3 Å². The molecule has 1 aromatic carbocycles. The monoisotopic (exact) mass is 242 g/mol. The number of rotatable bonds is 2. The fraction of sp³-hybridized carbons (Fsp3) is 0.231. The number of nitrogens with two attached hydrogens (primary N) is 1. The van der Waals surface area contributed by atoms with Crippen molar-refractivity contribution in [1.29, 1.82) is 0 Å². The van der Waals surface area contributed by atoms with Crippen LogP contribution < -0.4 is 5.73 Å². The average Bonchev–Trinajstić information content (AvgIpc) is 2.95. The number of hydrogen-bond donors (Lipinski definition) is 1. The maximum absolute atomic E-state index is 5.51. The third kappa shape index (κ3) is 1.60. The van der Waals surface area contributed by atoms with Crippen LogP contribution in [-0.2, 0) is 13.6 Å². The van der Waals surface area contributed by atoms with Crippen molar-refractivity contribution < 1.29 is 4.52 Å². The first kappa shape index (κ1) is 11.0. The Balaban J connectivity index is 2.13. The highest BCUT2D eigenvalue weighted by Crippen LogP contribution is 2.24. The van der Waals surface area contributed by atoms with E-state index in [9.17, 15) is 0 Å². The van der Waals surface area contributed by atoms with Gasteiger partial charge in [0.05, 0.1) is 17.6 Å². The molecule has 5 heteroatoms. The first-order chi connectivity index (χ1) is 8.69. The molecule has 0 amide bonds. The van der Waals surface area contributed by atoms with E-state index in [4.69, 9.17) is 10.3 Å². The molecule has 3 aromatic rings. The lowest BCUT2D eigenvalue weighted by Gasteiger charge is -1.98. The van der Waals surface area contributed by atoms with E-state index in [1.807, 2.05) is 38.2 Å². The summed E-state index contributed by atoms with van der Waals surface area (Å²) in [6.07, 6.45) is 0. The molecule has 92 valence electrons. The van der Waals surface area contributed by atoms with Crippen molar-refractivity contribution >= 4 is 11.0 Å². The second kappa shape index (κ2) is 3.96. The fourth-order valence-electron chi connectivity index (χ4n) is 2.02. The van der Waals surface area contributed by atoms with E-state index in [1.54, 1.807) is 0 Å². The number of aryl methyl sites for hydroxylation is 2. The molecule has 2 aromatic heterocycles. The molecule has 0 spiro atoms. The van der Waals surface area contributed by atoms with Crippen LogP contribution >= 0.6 is 0 Å². The van der Waals surface area contributed by atoms with Gasteiger partial charge in [-0.05, 0) is 19.1 Å².